The number of amides is 1. The molecule has 0 aromatic heterocycles. The number of halogens is 1. The van der Waals surface area contributed by atoms with Crippen molar-refractivity contribution in [2.45, 2.75) is 32.2 Å². The zero-order valence-corrected chi connectivity index (χ0v) is 18.2. The summed E-state index contributed by atoms with van der Waals surface area (Å²) >= 11 is 6.46. The number of hydrogen-bond acceptors (Lipinski definition) is 4. The van der Waals surface area contributed by atoms with E-state index in [0.29, 0.717) is 28.9 Å². The Bertz CT molecular complexity index is 823. The highest BCUT2D eigenvalue weighted by Gasteiger charge is 2.24. The first kappa shape index (κ1) is 21.5. The summed E-state index contributed by atoms with van der Waals surface area (Å²) in [4.78, 5) is 17.2. The second-order valence-corrected chi connectivity index (χ2v) is 8.10. The lowest BCUT2D eigenvalue weighted by atomic mass is 10.2. The van der Waals surface area contributed by atoms with Crippen LogP contribution in [0.25, 0.3) is 0 Å². The Morgan fingerprint density at radius 3 is 2.62 bits per heavy atom. The molecule has 1 fully saturated rings. The Kier molecular flexibility index (Phi) is 7.40. The number of likely N-dealkylation sites (N-methyl/N-ethyl adjacent to an activating group) is 1. The van der Waals surface area contributed by atoms with Crippen molar-refractivity contribution in [3.63, 3.8) is 0 Å². The number of unbranched alkanes of at least 4 members (excludes halogenated alkanes) is 1. The molecule has 5 nitrogen and oxygen atoms in total. The van der Waals surface area contributed by atoms with Crippen LogP contribution in [0.1, 0.15) is 36.5 Å². The van der Waals surface area contributed by atoms with Gasteiger partial charge in [0.15, 0.2) is 0 Å². The Morgan fingerprint density at radius 2 is 2.00 bits per heavy atom. The first-order valence-corrected chi connectivity index (χ1v) is 10.6. The summed E-state index contributed by atoms with van der Waals surface area (Å²) in [5.74, 6) is 0.590. The molecule has 2 aromatic rings. The fourth-order valence-corrected chi connectivity index (χ4v) is 3.65. The van der Waals surface area contributed by atoms with Crippen LogP contribution in [0.2, 0.25) is 5.02 Å². The molecular formula is C23H30ClN3O2. The number of nitrogens with one attached hydrogen (secondary N) is 1. The van der Waals surface area contributed by atoms with Crippen molar-refractivity contribution in [1.82, 2.24) is 4.90 Å². The third-order valence-electron chi connectivity index (χ3n) is 5.34. The average Bonchev–Trinajstić information content (AvgIpc) is 3.21. The number of hydrogen-bond donors (Lipinski definition) is 1. The molecule has 0 spiro atoms. The molecule has 0 bridgehead atoms. The molecule has 156 valence electrons. The molecule has 2 aromatic carbocycles. The largest absolute Gasteiger partial charge is 0.494 e. The zero-order chi connectivity index (χ0) is 20.8. The van der Waals surface area contributed by atoms with Gasteiger partial charge in [-0.3, -0.25) is 4.79 Å². The van der Waals surface area contributed by atoms with Crippen molar-refractivity contribution in [1.29, 1.82) is 0 Å². The van der Waals surface area contributed by atoms with Crippen LogP contribution in [0.3, 0.4) is 0 Å². The standard InChI is InChI=1S/C23H30ClN3O2/c1-4-5-14-29-20-9-6-17(7-10-20)23(28)25-22-11-8-18(15-21(22)24)27-13-12-19(16-27)26(2)3/h6-11,15,19H,4-5,12-14,16H2,1-3H3,(H,25,28). The second kappa shape index (κ2) is 9.99. The van der Waals surface area contributed by atoms with Gasteiger partial charge in [0.1, 0.15) is 5.75 Å². The van der Waals surface area contributed by atoms with Crippen LogP contribution in [0, 0.1) is 0 Å². The van der Waals surface area contributed by atoms with Gasteiger partial charge in [0.2, 0.25) is 0 Å². The van der Waals surface area contributed by atoms with Crippen LogP contribution in [-0.2, 0) is 0 Å². The van der Waals surface area contributed by atoms with Crippen LogP contribution < -0.4 is 15.0 Å². The highest BCUT2D eigenvalue weighted by molar-refractivity contribution is 6.34. The maximum Gasteiger partial charge on any atom is 0.255 e. The molecule has 0 saturated carbocycles. The monoisotopic (exact) mass is 415 g/mol. The highest BCUT2D eigenvalue weighted by atomic mass is 35.5. The Labute approximate surface area is 178 Å². The van der Waals surface area contributed by atoms with Gasteiger partial charge in [0, 0.05) is 30.4 Å². The van der Waals surface area contributed by atoms with Crippen molar-refractivity contribution in [3.8, 4) is 5.75 Å². The topological polar surface area (TPSA) is 44.8 Å². The number of anilines is 2. The van der Waals surface area contributed by atoms with E-state index in [2.05, 4.69) is 36.1 Å². The minimum Gasteiger partial charge on any atom is -0.494 e. The molecule has 6 heteroatoms. The van der Waals surface area contributed by atoms with E-state index in [-0.39, 0.29) is 5.91 Å². The number of benzene rings is 2. The molecule has 1 amide bonds. The van der Waals surface area contributed by atoms with Crippen molar-refractivity contribution in [3.05, 3.63) is 53.1 Å². The van der Waals surface area contributed by atoms with Gasteiger partial charge in [-0.2, -0.15) is 0 Å². The normalized spacial score (nSPS) is 16.3. The minimum absolute atomic E-state index is 0.186. The SMILES string of the molecule is CCCCOc1ccc(C(=O)Nc2ccc(N3CCC(N(C)C)C3)cc2Cl)cc1. The van der Waals surface area contributed by atoms with Gasteiger partial charge in [0.25, 0.3) is 5.91 Å². The fraction of sp³-hybridized carbons (Fsp3) is 0.435. The predicted molar refractivity (Wildman–Crippen MR) is 121 cm³/mol. The summed E-state index contributed by atoms with van der Waals surface area (Å²) in [6.45, 7) is 4.82. The Balaban J connectivity index is 1.60. The van der Waals surface area contributed by atoms with Crippen molar-refractivity contribution in [2.75, 3.05) is 44.0 Å². The summed E-state index contributed by atoms with van der Waals surface area (Å²) < 4.78 is 5.64. The summed E-state index contributed by atoms with van der Waals surface area (Å²) in [5.41, 5.74) is 2.28. The molecule has 1 aliphatic heterocycles. The van der Waals surface area contributed by atoms with E-state index in [0.717, 1.165) is 43.8 Å². The van der Waals surface area contributed by atoms with Crippen molar-refractivity contribution < 1.29 is 9.53 Å². The van der Waals surface area contributed by atoms with Gasteiger partial charge in [-0.05, 0) is 69.4 Å². The first-order valence-electron chi connectivity index (χ1n) is 10.2. The van der Waals surface area contributed by atoms with Gasteiger partial charge >= 0.3 is 0 Å². The maximum atomic E-state index is 12.6. The minimum atomic E-state index is -0.186. The first-order chi connectivity index (χ1) is 14.0. The van der Waals surface area contributed by atoms with E-state index >= 15 is 0 Å². The van der Waals surface area contributed by atoms with Crippen LogP contribution in [-0.4, -0.2) is 50.6 Å². The summed E-state index contributed by atoms with van der Waals surface area (Å²) in [7, 11) is 4.23. The molecule has 1 saturated heterocycles. The van der Waals surface area contributed by atoms with Gasteiger partial charge in [-0.25, -0.2) is 0 Å². The molecule has 3 rings (SSSR count). The van der Waals surface area contributed by atoms with E-state index in [4.69, 9.17) is 16.3 Å². The maximum absolute atomic E-state index is 12.6. The molecule has 1 heterocycles. The lowest BCUT2D eigenvalue weighted by Crippen LogP contribution is -2.31. The quantitative estimate of drug-likeness (QED) is 0.622. The third kappa shape index (κ3) is 5.64. The summed E-state index contributed by atoms with van der Waals surface area (Å²) in [6, 6.07) is 13.6. The van der Waals surface area contributed by atoms with Crippen LogP contribution >= 0.6 is 11.6 Å². The number of nitrogens with zero attached hydrogens (tertiary/aromatic N) is 2. The van der Waals surface area contributed by atoms with E-state index in [1.165, 1.54) is 0 Å². The lowest BCUT2D eigenvalue weighted by Gasteiger charge is -2.22. The smallest absolute Gasteiger partial charge is 0.255 e. The zero-order valence-electron chi connectivity index (χ0n) is 17.5. The van der Waals surface area contributed by atoms with Gasteiger partial charge in [-0.15, -0.1) is 0 Å². The van der Waals surface area contributed by atoms with Gasteiger partial charge in [0.05, 0.1) is 17.3 Å². The third-order valence-corrected chi connectivity index (χ3v) is 5.66. The Morgan fingerprint density at radius 1 is 1.24 bits per heavy atom. The predicted octanol–water partition coefficient (Wildman–Crippen LogP) is 4.91. The summed E-state index contributed by atoms with van der Waals surface area (Å²) in [6.07, 6.45) is 3.25. The van der Waals surface area contributed by atoms with Gasteiger partial charge < -0.3 is 19.9 Å². The molecular weight excluding hydrogens is 386 g/mol. The van der Waals surface area contributed by atoms with Crippen molar-refractivity contribution in [2.24, 2.45) is 0 Å². The number of carbonyl (C=O) groups excluding carboxylic acids is 1. The molecule has 1 unspecified atom stereocenters. The molecule has 1 atom stereocenters. The molecule has 0 radical (unpaired) electrons. The molecule has 0 aliphatic carbocycles. The second-order valence-electron chi connectivity index (χ2n) is 7.70. The molecule has 29 heavy (non-hydrogen) atoms. The van der Waals surface area contributed by atoms with Gasteiger partial charge in [-0.1, -0.05) is 24.9 Å². The highest BCUT2D eigenvalue weighted by Crippen LogP contribution is 2.30. The van der Waals surface area contributed by atoms with Crippen molar-refractivity contribution >= 4 is 28.9 Å². The van der Waals surface area contributed by atoms with Crippen LogP contribution in [0.5, 0.6) is 5.75 Å². The van der Waals surface area contributed by atoms with Crippen LogP contribution in [0.4, 0.5) is 11.4 Å². The molecule has 1 aliphatic rings. The van der Waals surface area contributed by atoms with E-state index in [1.807, 2.05) is 30.3 Å². The molecule has 1 N–H and O–H groups in total. The van der Waals surface area contributed by atoms with E-state index < -0.39 is 0 Å². The fourth-order valence-electron chi connectivity index (χ4n) is 3.43. The van der Waals surface area contributed by atoms with E-state index in [9.17, 15) is 4.79 Å². The number of carbonyl (C=O) groups is 1. The lowest BCUT2D eigenvalue weighted by molar-refractivity contribution is 0.102. The Hall–Kier alpha value is -2.24. The number of rotatable bonds is 8. The van der Waals surface area contributed by atoms with E-state index in [1.54, 1.807) is 12.1 Å². The number of ether oxygens (including phenoxy) is 1. The summed E-state index contributed by atoms with van der Waals surface area (Å²) in [5, 5.41) is 3.45. The average molecular weight is 416 g/mol. The van der Waals surface area contributed by atoms with Crippen LogP contribution in [0.15, 0.2) is 42.5 Å².